The second kappa shape index (κ2) is 6.67. The van der Waals surface area contributed by atoms with E-state index in [0.717, 1.165) is 24.0 Å². The summed E-state index contributed by atoms with van der Waals surface area (Å²) in [7, 11) is 1.52. The van der Waals surface area contributed by atoms with Crippen molar-refractivity contribution in [2.75, 3.05) is 7.11 Å². The number of rotatable bonds is 5. The number of fused-ring (bicyclic) bond motifs is 1. The average Bonchev–Trinajstić information content (AvgIpc) is 3.24. The molecule has 140 valence electrons. The molecule has 0 bridgehead atoms. The number of phenols is 1. The summed E-state index contributed by atoms with van der Waals surface area (Å²) in [6, 6.07) is 0. The fourth-order valence-electron chi connectivity index (χ4n) is 4.23. The van der Waals surface area contributed by atoms with Crippen LogP contribution in [0.5, 0.6) is 11.5 Å². The number of aromatic hydroxyl groups is 1. The number of aliphatic carboxylic acids is 1. The van der Waals surface area contributed by atoms with Crippen molar-refractivity contribution >= 4 is 11.9 Å². The van der Waals surface area contributed by atoms with E-state index in [9.17, 15) is 19.8 Å². The second-order valence-corrected chi connectivity index (χ2v) is 7.10. The van der Waals surface area contributed by atoms with E-state index in [1.54, 1.807) is 0 Å². The summed E-state index contributed by atoms with van der Waals surface area (Å²) in [5, 5.41) is 20.4. The monoisotopic (exact) mass is 360 g/mol. The molecule has 26 heavy (non-hydrogen) atoms. The van der Waals surface area contributed by atoms with Gasteiger partial charge in [0.15, 0.2) is 0 Å². The van der Waals surface area contributed by atoms with Gasteiger partial charge in [0, 0.05) is 11.1 Å². The van der Waals surface area contributed by atoms with E-state index in [1.807, 2.05) is 19.9 Å². The fraction of sp³-hybridized carbons (Fsp3) is 0.500. The summed E-state index contributed by atoms with van der Waals surface area (Å²) >= 11 is 0. The van der Waals surface area contributed by atoms with Crippen LogP contribution in [0.2, 0.25) is 0 Å². The molecule has 0 unspecified atom stereocenters. The Balaban J connectivity index is 2.03. The number of carbonyl (C=O) groups excluding carboxylic acids is 1. The molecule has 1 fully saturated rings. The van der Waals surface area contributed by atoms with Crippen LogP contribution in [0.15, 0.2) is 11.6 Å². The number of carboxylic acids is 1. The Morgan fingerprint density at radius 1 is 1.35 bits per heavy atom. The lowest BCUT2D eigenvalue weighted by Crippen LogP contribution is -2.29. The van der Waals surface area contributed by atoms with Crippen molar-refractivity contribution in [3.63, 3.8) is 0 Å². The number of ether oxygens (including phenoxy) is 2. The SMILES string of the molecule is COc1c(C)c2c(c(O)c1CC=C(C)C1(C(=O)O)CCCC1)C(=O)OC2. The van der Waals surface area contributed by atoms with Crippen molar-refractivity contribution in [1.29, 1.82) is 0 Å². The first kappa shape index (κ1) is 18.3. The number of cyclic esters (lactones) is 1. The highest BCUT2D eigenvalue weighted by Crippen LogP contribution is 2.46. The molecule has 0 atom stereocenters. The van der Waals surface area contributed by atoms with Crippen LogP contribution < -0.4 is 4.74 Å². The largest absolute Gasteiger partial charge is 0.507 e. The predicted molar refractivity (Wildman–Crippen MR) is 94.5 cm³/mol. The van der Waals surface area contributed by atoms with Gasteiger partial charge >= 0.3 is 11.9 Å². The van der Waals surface area contributed by atoms with Gasteiger partial charge in [-0.1, -0.05) is 24.5 Å². The Morgan fingerprint density at radius 2 is 2.00 bits per heavy atom. The van der Waals surface area contributed by atoms with Crippen molar-refractivity contribution in [3.8, 4) is 11.5 Å². The van der Waals surface area contributed by atoms with Gasteiger partial charge in [-0.05, 0) is 38.7 Å². The van der Waals surface area contributed by atoms with Crippen molar-refractivity contribution in [3.05, 3.63) is 33.9 Å². The smallest absolute Gasteiger partial charge is 0.342 e. The van der Waals surface area contributed by atoms with Crippen LogP contribution in [0.1, 0.15) is 59.7 Å². The first-order chi connectivity index (χ1) is 12.3. The van der Waals surface area contributed by atoms with Crippen LogP contribution in [-0.4, -0.2) is 29.3 Å². The molecular formula is C20H24O6. The summed E-state index contributed by atoms with van der Waals surface area (Å²) < 4.78 is 10.5. The van der Waals surface area contributed by atoms with Gasteiger partial charge < -0.3 is 19.7 Å². The lowest BCUT2D eigenvalue weighted by molar-refractivity contribution is -0.146. The Bertz CT molecular complexity index is 799. The molecule has 3 rings (SSSR count). The van der Waals surface area contributed by atoms with Crippen LogP contribution in [0.3, 0.4) is 0 Å². The van der Waals surface area contributed by atoms with Crippen molar-refractivity contribution in [2.24, 2.45) is 5.41 Å². The maximum atomic E-state index is 12.0. The van der Waals surface area contributed by atoms with Crippen LogP contribution in [0.4, 0.5) is 0 Å². The van der Waals surface area contributed by atoms with Gasteiger partial charge in [-0.2, -0.15) is 0 Å². The van der Waals surface area contributed by atoms with Crippen LogP contribution in [0.25, 0.3) is 0 Å². The Hall–Kier alpha value is -2.50. The van der Waals surface area contributed by atoms with Gasteiger partial charge in [0.1, 0.15) is 23.7 Å². The first-order valence-electron chi connectivity index (χ1n) is 8.82. The van der Waals surface area contributed by atoms with Crippen LogP contribution in [-0.2, 0) is 22.6 Å². The fourth-order valence-corrected chi connectivity index (χ4v) is 4.23. The molecule has 1 aliphatic carbocycles. The number of carboxylic acid groups (broad SMARTS) is 1. The third-order valence-corrected chi connectivity index (χ3v) is 5.88. The van der Waals surface area contributed by atoms with Gasteiger partial charge in [0.25, 0.3) is 0 Å². The van der Waals surface area contributed by atoms with Crippen LogP contribution >= 0.6 is 0 Å². The zero-order chi connectivity index (χ0) is 19.1. The maximum Gasteiger partial charge on any atom is 0.342 e. The van der Waals surface area contributed by atoms with E-state index < -0.39 is 17.4 Å². The Labute approximate surface area is 152 Å². The molecule has 1 saturated carbocycles. The van der Waals surface area contributed by atoms with E-state index in [-0.39, 0.29) is 24.3 Å². The number of methoxy groups -OCH3 is 1. The van der Waals surface area contributed by atoms with Crippen molar-refractivity contribution < 1.29 is 29.3 Å². The highest BCUT2D eigenvalue weighted by molar-refractivity contribution is 5.98. The standard InChI is InChI=1S/C20H24O6/c1-11(20(19(23)24)8-4-5-9-20)6-7-13-16(21)15-14(10-26-18(15)22)12(2)17(13)25-3/h6,21H,4-5,7-10H2,1-3H3,(H,23,24). The van der Waals surface area contributed by atoms with Gasteiger partial charge in [0.05, 0.1) is 12.5 Å². The van der Waals surface area contributed by atoms with Gasteiger partial charge in [-0.3, -0.25) is 4.79 Å². The molecule has 1 heterocycles. The number of carbonyl (C=O) groups is 2. The van der Waals surface area contributed by atoms with Gasteiger partial charge in [-0.25, -0.2) is 4.79 Å². The molecule has 0 aromatic heterocycles. The molecule has 2 N–H and O–H groups in total. The number of benzene rings is 1. The Morgan fingerprint density at radius 3 is 2.58 bits per heavy atom. The summed E-state index contributed by atoms with van der Waals surface area (Å²) in [6.07, 6.45) is 5.18. The predicted octanol–water partition coefficient (Wildman–Crippen LogP) is 3.51. The van der Waals surface area contributed by atoms with E-state index in [4.69, 9.17) is 9.47 Å². The zero-order valence-corrected chi connectivity index (χ0v) is 15.3. The minimum absolute atomic E-state index is 0.126. The third kappa shape index (κ3) is 2.64. The quantitative estimate of drug-likeness (QED) is 0.616. The molecule has 0 spiro atoms. The van der Waals surface area contributed by atoms with Gasteiger partial charge in [-0.15, -0.1) is 0 Å². The lowest BCUT2D eigenvalue weighted by atomic mass is 9.78. The average molecular weight is 360 g/mol. The molecule has 6 heteroatoms. The lowest BCUT2D eigenvalue weighted by Gasteiger charge is -2.25. The number of esters is 1. The van der Waals surface area contributed by atoms with Crippen LogP contribution in [0, 0.1) is 12.3 Å². The second-order valence-electron chi connectivity index (χ2n) is 7.10. The van der Waals surface area contributed by atoms with Crippen molar-refractivity contribution in [2.45, 2.75) is 52.6 Å². The minimum Gasteiger partial charge on any atom is -0.507 e. The first-order valence-corrected chi connectivity index (χ1v) is 8.82. The number of phenolic OH excluding ortho intramolecular Hbond substituents is 1. The molecule has 0 radical (unpaired) electrons. The zero-order valence-electron chi connectivity index (χ0n) is 15.3. The highest BCUT2D eigenvalue weighted by Gasteiger charge is 2.42. The molecule has 1 aliphatic heterocycles. The van der Waals surface area contributed by atoms with E-state index in [2.05, 4.69) is 0 Å². The normalized spacial score (nSPS) is 18.6. The summed E-state index contributed by atoms with van der Waals surface area (Å²) in [6.45, 7) is 3.79. The summed E-state index contributed by atoms with van der Waals surface area (Å²) in [4.78, 5) is 23.8. The number of hydrogen-bond acceptors (Lipinski definition) is 5. The highest BCUT2D eigenvalue weighted by atomic mass is 16.5. The van der Waals surface area contributed by atoms with E-state index in [1.165, 1.54) is 7.11 Å². The molecule has 0 saturated heterocycles. The van der Waals surface area contributed by atoms with E-state index in [0.29, 0.717) is 29.7 Å². The third-order valence-electron chi connectivity index (χ3n) is 5.88. The maximum absolute atomic E-state index is 12.0. The van der Waals surface area contributed by atoms with Crippen molar-refractivity contribution in [1.82, 2.24) is 0 Å². The number of hydrogen-bond donors (Lipinski definition) is 2. The molecule has 0 amide bonds. The van der Waals surface area contributed by atoms with E-state index >= 15 is 0 Å². The summed E-state index contributed by atoms with van der Waals surface area (Å²) in [5.41, 5.74) is 2.05. The topological polar surface area (TPSA) is 93.1 Å². The Kier molecular flexibility index (Phi) is 4.69. The summed E-state index contributed by atoms with van der Waals surface area (Å²) in [5.74, 6) is -0.958. The molecule has 2 aliphatic rings. The van der Waals surface area contributed by atoms with Gasteiger partial charge in [0.2, 0.25) is 0 Å². The molecular weight excluding hydrogens is 336 g/mol. The molecule has 1 aromatic rings. The minimum atomic E-state index is -0.826. The molecule has 1 aromatic carbocycles. The molecule has 6 nitrogen and oxygen atoms in total. The number of allylic oxidation sites excluding steroid dienone is 1.